The summed E-state index contributed by atoms with van der Waals surface area (Å²) in [4.78, 5) is 32.5. The van der Waals surface area contributed by atoms with Gasteiger partial charge >= 0.3 is 18.0 Å². The molecule has 1 saturated carbocycles. The summed E-state index contributed by atoms with van der Waals surface area (Å²) in [6.45, 7) is 8.95. The Morgan fingerprint density at radius 3 is 2.07 bits per heavy atom. The molecule has 0 aromatic rings. The highest BCUT2D eigenvalue weighted by Crippen LogP contribution is 2.16. The zero-order valence-electron chi connectivity index (χ0n) is 17.2. The molecule has 1 aliphatic rings. The third-order valence-corrected chi connectivity index (χ3v) is 4.30. The molecule has 8 nitrogen and oxygen atoms in total. The number of carbonyl (C=O) groups is 3. The second-order valence-corrected chi connectivity index (χ2v) is 7.96. The van der Waals surface area contributed by atoms with Crippen molar-refractivity contribution in [3.05, 3.63) is 0 Å². The molecule has 1 aliphatic carbocycles. The molecule has 2 atom stereocenters. The lowest BCUT2D eigenvalue weighted by Gasteiger charge is -2.24. The van der Waals surface area contributed by atoms with E-state index in [1.54, 1.807) is 27.7 Å². The van der Waals surface area contributed by atoms with Crippen molar-refractivity contribution in [2.45, 2.75) is 90.8 Å². The normalized spacial score (nSPS) is 17.1. The van der Waals surface area contributed by atoms with Gasteiger partial charge in [0.2, 0.25) is 0 Å². The van der Waals surface area contributed by atoms with Gasteiger partial charge in [-0.25, -0.2) is 9.59 Å². The molecule has 27 heavy (non-hydrogen) atoms. The first kappa shape index (κ1) is 25.2. The number of amides is 1. The number of carboxylic acid groups (broad SMARTS) is 2. The van der Waals surface area contributed by atoms with Crippen molar-refractivity contribution >= 4 is 18.0 Å². The maximum absolute atomic E-state index is 11.4. The van der Waals surface area contributed by atoms with Gasteiger partial charge in [-0.3, -0.25) is 4.79 Å². The number of nitrogens with one attached hydrogen (secondary N) is 2. The average Bonchev–Trinajstić information content (AvgIpc) is 2.57. The van der Waals surface area contributed by atoms with Crippen LogP contribution in [0, 0.1) is 5.92 Å². The topological polar surface area (TPSA) is 125 Å². The molecule has 4 N–H and O–H groups in total. The highest BCUT2D eigenvalue weighted by Gasteiger charge is 2.27. The summed E-state index contributed by atoms with van der Waals surface area (Å²) in [5.41, 5.74) is -0.622. The van der Waals surface area contributed by atoms with E-state index in [9.17, 15) is 14.4 Å². The van der Waals surface area contributed by atoms with Crippen molar-refractivity contribution in [1.82, 2.24) is 10.6 Å². The van der Waals surface area contributed by atoms with E-state index in [-0.39, 0.29) is 12.5 Å². The van der Waals surface area contributed by atoms with Gasteiger partial charge in [0, 0.05) is 6.04 Å². The van der Waals surface area contributed by atoms with Gasteiger partial charge in [-0.05, 0) is 39.5 Å². The molecule has 0 radical (unpaired) electrons. The zero-order valence-corrected chi connectivity index (χ0v) is 17.2. The first-order chi connectivity index (χ1) is 12.5. The molecule has 1 fully saturated rings. The van der Waals surface area contributed by atoms with Crippen LogP contribution >= 0.6 is 0 Å². The monoisotopic (exact) mass is 388 g/mol. The van der Waals surface area contributed by atoms with Crippen LogP contribution in [0.1, 0.15) is 73.1 Å². The predicted octanol–water partition coefficient (Wildman–Crippen LogP) is 3.00. The number of carboxylic acids is 2. The van der Waals surface area contributed by atoms with E-state index in [0.29, 0.717) is 12.5 Å². The Kier molecular flexibility index (Phi) is 11.7. The number of hydrogen-bond acceptors (Lipinski definition) is 5. The molecule has 0 aromatic carbocycles. The van der Waals surface area contributed by atoms with E-state index in [1.165, 1.54) is 19.3 Å². The average molecular weight is 389 g/mol. The van der Waals surface area contributed by atoms with E-state index >= 15 is 0 Å². The largest absolute Gasteiger partial charge is 0.480 e. The third-order valence-electron chi connectivity index (χ3n) is 4.30. The summed E-state index contributed by atoms with van der Waals surface area (Å²) in [6.07, 6.45) is 6.08. The minimum atomic E-state index is -1.04. The quantitative estimate of drug-likeness (QED) is 0.528. The smallest absolute Gasteiger partial charge is 0.408 e. The first-order valence-electron chi connectivity index (χ1n) is 9.63. The SMILES string of the molecule is CC[C@H](C)[C@H](NC(=O)OC(C)(C)C)C(=O)O.O=C(O)CNC1CCCCC1. The number of hydrogen-bond donors (Lipinski definition) is 4. The Morgan fingerprint density at radius 2 is 1.67 bits per heavy atom. The zero-order chi connectivity index (χ0) is 21.0. The summed E-state index contributed by atoms with van der Waals surface area (Å²) >= 11 is 0. The second kappa shape index (κ2) is 12.5. The Morgan fingerprint density at radius 1 is 1.11 bits per heavy atom. The van der Waals surface area contributed by atoms with Crippen LogP contribution in [0.5, 0.6) is 0 Å². The molecule has 1 rings (SSSR count). The molecule has 158 valence electrons. The van der Waals surface area contributed by atoms with Gasteiger partial charge in [0.1, 0.15) is 11.6 Å². The molecular weight excluding hydrogens is 352 g/mol. The fourth-order valence-corrected chi connectivity index (χ4v) is 2.66. The number of aliphatic carboxylic acids is 2. The summed E-state index contributed by atoms with van der Waals surface area (Å²) in [5.74, 6) is -1.93. The molecule has 0 saturated heterocycles. The molecule has 0 bridgehead atoms. The van der Waals surface area contributed by atoms with Crippen molar-refractivity contribution in [3.8, 4) is 0 Å². The van der Waals surface area contributed by atoms with Crippen LogP contribution in [0.25, 0.3) is 0 Å². The van der Waals surface area contributed by atoms with Crippen LogP contribution < -0.4 is 10.6 Å². The highest BCUT2D eigenvalue weighted by molar-refractivity contribution is 5.80. The van der Waals surface area contributed by atoms with Crippen molar-refractivity contribution < 1.29 is 29.3 Å². The number of alkyl carbamates (subject to hydrolysis) is 1. The standard InChI is InChI=1S/C11H21NO4.C8H15NO2/c1-6-7(2)8(9(13)14)12-10(15)16-11(3,4)5;10-8(11)6-9-7-4-2-1-3-5-7/h7-8H,6H2,1-5H3,(H,12,15)(H,13,14);7,9H,1-6H2,(H,10,11)/t7-,8-;/m0./s1. The van der Waals surface area contributed by atoms with Gasteiger partial charge in [0.15, 0.2) is 0 Å². The number of rotatable bonds is 7. The van der Waals surface area contributed by atoms with Gasteiger partial charge in [0.25, 0.3) is 0 Å². The minimum Gasteiger partial charge on any atom is -0.480 e. The number of ether oxygens (including phenoxy) is 1. The molecule has 1 amide bonds. The Labute approximate surface area is 162 Å². The van der Waals surface area contributed by atoms with Gasteiger partial charge < -0.3 is 25.6 Å². The maximum Gasteiger partial charge on any atom is 0.408 e. The summed E-state index contributed by atoms with van der Waals surface area (Å²) in [5, 5.41) is 22.7. The van der Waals surface area contributed by atoms with E-state index in [4.69, 9.17) is 14.9 Å². The van der Waals surface area contributed by atoms with E-state index in [2.05, 4.69) is 10.6 Å². The van der Waals surface area contributed by atoms with Crippen LogP contribution in [0.4, 0.5) is 4.79 Å². The molecule has 8 heteroatoms. The highest BCUT2D eigenvalue weighted by atomic mass is 16.6. The van der Waals surface area contributed by atoms with Crippen LogP contribution in [-0.4, -0.2) is 52.5 Å². The predicted molar refractivity (Wildman–Crippen MR) is 103 cm³/mol. The van der Waals surface area contributed by atoms with E-state index in [0.717, 1.165) is 12.8 Å². The lowest BCUT2D eigenvalue weighted by Crippen LogP contribution is -2.46. The number of carbonyl (C=O) groups excluding carboxylic acids is 1. The fraction of sp³-hybridized carbons (Fsp3) is 0.842. The van der Waals surface area contributed by atoms with Crippen molar-refractivity contribution in [1.29, 1.82) is 0 Å². The lowest BCUT2D eigenvalue weighted by atomic mass is 9.96. The van der Waals surface area contributed by atoms with Crippen molar-refractivity contribution in [2.24, 2.45) is 5.92 Å². The fourth-order valence-electron chi connectivity index (χ4n) is 2.66. The Bertz CT molecular complexity index is 469. The van der Waals surface area contributed by atoms with E-state index in [1.807, 2.05) is 6.92 Å². The Balaban J connectivity index is 0.000000533. The molecule has 0 aliphatic heterocycles. The molecule has 0 unspecified atom stereocenters. The van der Waals surface area contributed by atoms with Gasteiger partial charge in [0.05, 0.1) is 6.54 Å². The third kappa shape index (κ3) is 13.1. The van der Waals surface area contributed by atoms with Crippen LogP contribution in [-0.2, 0) is 14.3 Å². The maximum atomic E-state index is 11.4. The van der Waals surface area contributed by atoms with Crippen LogP contribution in [0.3, 0.4) is 0 Å². The summed E-state index contributed by atoms with van der Waals surface area (Å²) in [6, 6.07) is -0.445. The van der Waals surface area contributed by atoms with Crippen molar-refractivity contribution in [2.75, 3.05) is 6.54 Å². The van der Waals surface area contributed by atoms with E-state index < -0.39 is 29.7 Å². The summed E-state index contributed by atoms with van der Waals surface area (Å²) in [7, 11) is 0. The van der Waals surface area contributed by atoms with Gasteiger partial charge in [-0.15, -0.1) is 0 Å². The van der Waals surface area contributed by atoms with Gasteiger partial charge in [-0.2, -0.15) is 0 Å². The first-order valence-corrected chi connectivity index (χ1v) is 9.63. The van der Waals surface area contributed by atoms with Crippen molar-refractivity contribution in [3.63, 3.8) is 0 Å². The molecule has 0 spiro atoms. The molecule has 0 heterocycles. The lowest BCUT2D eigenvalue weighted by molar-refractivity contribution is -0.141. The minimum absolute atomic E-state index is 0.116. The molecular formula is C19H36N2O6. The van der Waals surface area contributed by atoms with Gasteiger partial charge in [-0.1, -0.05) is 39.5 Å². The Hall–Kier alpha value is -1.83. The molecule has 0 aromatic heterocycles. The summed E-state index contributed by atoms with van der Waals surface area (Å²) < 4.78 is 5.00. The second-order valence-electron chi connectivity index (χ2n) is 7.96. The van der Waals surface area contributed by atoms with Crippen LogP contribution in [0.2, 0.25) is 0 Å². The van der Waals surface area contributed by atoms with Crippen LogP contribution in [0.15, 0.2) is 0 Å².